The summed E-state index contributed by atoms with van der Waals surface area (Å²) < 4.78 is 0.779. The van der Waals surface area contributed by atoms with E-state index in [0.29, 0.717) is 12.8 Å². The molecule has 3 aromatic rings. The fourth-order valence-electron chi connectivity index (χ4n) is 3.92. The number of nitrogens with zero attached hydrogens (tertiary/aromatic N) is 1. The van der Waals surface area contributed by atoms with Crippen LogP contribution in [0.3, 0.4) is 0 Å². The first-order valence-electron chi connectivity index (χ1n) is 9.49. The zero-order valence-electron chi connectivity index (χ0n) is 15.4. The number of halogens is 1. The highest BCUT2D eigenvalue weighted by molar-refractivity contribution is 7.16. The fourth-order valence-corrected chi connectivity index (χ4v) is 5.15. The van der Waals surface area contributed by atoms with E-state index < -0.39 is 5.97 Å². The molecule has 1 fully saturated rings. The van der Waals surface area contributed by atoms with Gasteiger partial charge in [-0.2, -0.15) is 0 Å². The second-order valence-corrected chi connectivity index (χ2v) is 8.93. The van der Waals surface area contributed by atoms with Crippen molar-refractivity contribution in [2.45, 2.75) is 18.9 Å². The Balaban J connectivity index is 1.62. The highest BCUT2D eigenvalue weighted by Crippen LogP contribution is 2.38. The van der Waals surface area contributed by atoms with E-state index in [4.69, 9.17) is 11.6 Å². The van der Waals surface area contributed by atoms with E-state index in [1.54, 1.807) is 11.3 Å². The molecule has 0 bridgehead atoms. The summed E-state index contributed by atoms with van der Waals surface area (Å²) in [6.07, 6.45) is 1.38. The lowest BCUT2D eigenvalue weighted by atomic mass is 9.93. The van der Waals surface area contributed by atoms with Crippen LogP contribution in [0.2, 0.25) is 4.34 Å². The minimum Gasteiger partial charge on any atom is -0.481 e. The van der Waals surface area contributed by atoms with Crippen LogP contribution >= 0.6 is 22.9 Å². The molecule has 3 nitrogen and oxygen atoms in total. The van der Waals surface area contributed by atoms with Gasteiger partial charge >= 0.3 is 5.97 Å². The van der Waals surface area contributed by atoms with Crippen molar-refractivity contribution in [3.05, 3.63) is 81.5 Å². The van der Waals surface area contributed by atoms with E-state index >= 15 is 0 Å². The number of benzene rings is 2. The topological polar surface area (TPSA) is 40.5 Å². The largest absolute Gasteiger partial charge is 0.481 e. The monoisotopic (exact) mass is 411 g/mol. The van der Waals surface area contributed by atoms with E-state index in [0.717, 1.165) is 17.4 Å². The molecular formula is C23H22ClNO2S. The molecule has 1 N–H and O–H groups in total. The first-order valence-corrected chi connectivity index (χ1v) is 10.7. The summed E-state index contributed by atoms with van der Waals surface area (Å²) in [6.45, 7) is 1.55. The molecule has 0 spiro atoms. The first kappa shape index (κ1) is 19.2. The van der Waals surface area contributed by atoms with Crippen LogP contribution < -0.4 is 0 Å². The van der Waals surface area contributed by atoms with E-state index in [1.165, 1.54) is 21.6 Å². The maximum atomic E-state index is 11.3. The number of thiophene rings is 1. The Kier molecular flexibility index (Phi) is 5.81. The van der Waals surface area contributed by atoms with Gasteiger partial charge in [-0.3, -0.25) is 9.69 Å². The van der Waals surface area contributed by atoms with Crippen molar-refractivity contribution < 1.29 is 9.90 Å². The predicted molar refractivity (Wildman–Crippen MR) is 115 cm³/mol. The fraction of sp³-hybridized carbons (Fsp3) is 0.261. The minimum atomic E-state index is -0.678. The summed E-state index contributed by atoms with van der Waals surface area (Å²) in [4.78, 5) is 14.9. The average molecular weight is 412 g/mol. The van der Waals surface area contributed by atoms with Gasteiger partial charge in [0.2, 0.25) is 0 Å². The number of hydrogen-bond acceptors (Lipinski definition) is 3. The van der Waals surface area contributed by atoms with Gasteiger partial charge in [-0.05, 0) is 54.8 Å². The smallest absolute Gasteiger partial charge is 0.306 e. The van der Waals surface area contributed by atoms with Crippen molar-refractivity contribution in [2.75, 3.05) is 13.1 Å². The number of aliphatic carboxylic acids is 1. The van der Waals surface area contributed by atoms with Gasteiger partial charge in [-0.15, -0.1) is 11.3 Å². The standard InChI is InChI=1S/C23H22ClNO2S/c24-21-11-10-20(28-21)22(25-14-12-19(13-15-25)23(26)27)18-8-6-17(7-9-18)16-4-2-1-3-5-16/h1-11,19,22H,12-15H2,(H,26,27). The third-order valence-electron chi connectivity index (χ3n) is 5.44. The number of hydrogen-bond donors (Lipinski definition) is 1. The Bertz CT molecular complexity index is 931. The van der Waals surface area contributed by atoms with Crippen molar-refractivity contribution in [1.29, 1.82) is 0 Å². The zero-order valence-corrected chi connectivity index (χ0v) is 17.0. The maximum Gasteiger partial charge on any atom is 0.306 e. The Hall–Kier alpha value is -2.14. The van der Waals surface area contributed by atoms with Gasteiger partial charge in [0.05, 0.1) is 16.3 Å². The average Bonchev–Trinajstić information content (AvgIpc) is 3.15. The van der Waals surface area contributed by atoms with Gasteiger partial charge in [-0.1, -0.05) is 66.2 Å². The highest BCUT2D eigenvalue weighted by atomic mass is 35.5. The Morgan fingerprint density at radius 2 is 1.61 bits per heavy atom. The predicted octanol–water partition coefficient (Wildman–Crippen LogP) is 5.95. The zero-order chi connectivity index (χ0) is 19.5. The molecular weight excluding hydrogens is 390 g/mol. The number of carbonyl (C=O) groups is 1. The molecule has 28 heavy (non-hydrogen) atoms. The van der Waals surface area contributed by atoms with Crippen LogP contribution in [0, 0.1) is 5.92 Å². The van der Waals surface area contributed by atoms with Crippen LogP contribution in [0.4, 0.5) is 0 Å². The summed E-state index contributed by atoms with van der Waals surface area (Å²) in [7, 11) is 0. The van der Waals surface area contributed by atoms with Crippen LogP contribution in [-0.2, 0) is 4.79 Å². The summed E-state index contributed by atoms with van der Waals surface area (Å²) in [6, 6.07) is 23.2. The Morgan fingerprint density at radius 3 is 2.18 bits per heavy atom. The second-order valence-electron chi connectivity index (χ2n) is 7.18. The van der Waals surface area contributed by atoms with E-state index in [9.17, 15) is 9.90 Å². The number of carboxylic acids is 1. The van der Waals surface area contributed by atoms with E-state index in [-0.39, 0.29) is 12.0 Å². The summed E-state index contributed by atoms with van der Waals surface area (Å²) in [5.74, 6) is -0.910. The van der Waals surface area contributed by atoms with Crippen molar-refractivity contribution in [2.24, 2.45) is 5.92 Å². The molecule has 0 aliphatic carbocycles. The molecule has 0 saturated carbocycles. The molecule has 0 amide bonds. The summed E-state index contributed by atoms with van der Waals surface area (Å²) in [5.41, 5.74) is 3.61. The van der Waals surface area contributed by atoms with Crippen LogP contribution in [0.1, 0.15) is 29.3 Å². The van der Waals surface area contributed by atoms with Crippen LogP contribution in [0.15, 0.2) is 66.7 Å². The molecule has 2 aromatic carbocycles. The SMILES string of the molecule is O=C(O)C1CCN(C(c2ccc(-c3ccccc3)cc2)c2ccc(Cl)s2)CC1. The molecule has 0 radical (unpaired) electrons. The molecule has 144 valence electrons. The summed E-state index contributed by atoms with van der Waals surface area (Å²) >= 11 is 7.82. The van der Waals surface area contributed by atoms with Gasteiger partial charge < -0.3 is 5.11 Å². The third-order valence-corrected chi connectivity index (χ3v) is 6.72. The molecule has 1 unspecified atom stereocenters. The lowest BCUT2D eigenvalue weighted by molar-refractivity contribution is -0.143. The van der Waals surface area contributed by atoms with Crippen molar-refractivity contribution in [3.63, 3.8) is 0 Å². The third kappa shape index (κ3) is 4.14. The van der Waals surface area contributed by atoms with Gasteiger partial charge in [0.1, 0.15) is 0 Å². The Morgan fingerprint density at radius 1 is 0.964 bits per heavy atom. The number of rotatable bonds is 5. The number of likely N-dealkylation sites (tertiary alicyclic amines) is 1. The van der Waals surface area contributed by atoms with E-state index in [1.807, 2.05) is 24.3 Å². The maximum absolute atomic E-state index is 11.3. The van der Waals surface area contributed by atoms with Gasteiger partial charge in [0, 0.05) is 4.88 Å². The minimum absolute atomic E-state index is 0.108. The molecule has 5 heteroatoms. The Labute approximate surface area is 174 Å². The number of carboxylic acid groups (broad SMARTS) is 1. The normalized spacial score (nSPS) is 16.8. The van der Waals surface area contributed by atoms with Crippen LogP contribution in [0.25, 0.3) is 11.1 Å². The highest BCUT2D eigenvalue weighted by Gasteiger charge is 2.30. The quantitative estimate of drug-likeness (QED) is 0.563. The lowest BCUT2D eigenvalue weighted by Gasteiger charge is -2.36. The molecule has 1 atom stereocenters. The molecule has 1 aliphatic rings. The van der Waals surface area contributed by atoms with Crippen molar-refractivity contribution in [3.8, 4) is 11.1 Å². The molecule has 4 rings (SSSR count). The molecule has 1 saturated heterocycles. The molecule has 2 heterocycles. The molecule has 1 aromatic heterocycles. The van der Waals surface area contributed by atoms with Crippen LogP contribution in [0.5, 0.6) is 0 Å². The van der Waals surface area contributed by atoms with Gasteiger partial charge in [-0.25, -0.2) is 0 Å². The van der Waals surface area contributed by atoms with Crippen LogP contribution in [-0.4, -0.2) is 29.1 Å². The second kappa shape index (κ2) is 8.48. The molecule has 1 aliphatic heterocycles. The van der Waals surface area contributed by atoms with Gasteiger partial charge in [0.15, 0.2) is 0 Å². The lowest BCUT2D eigenvalue weighted by Crippen LogP contribution is -2.39. The van der Waals surface area contributed by atoms with Crippen molar-refractivity contribution in [1.82, 2.24) is 4.90 Å². The first-order chi connectivity index (χ1) is 13.6. The van der Waals surface area contributed by atoms with Crippen molar-refractivity contribution >= 4 is 28.9 Å². The number of piperidine rings is 1. The van der Waals surface area contributed by atoms with E-state index in [2.05, 4.69) is 47.4 Å². The summed E-state index contributed by atoms with van der Waals surface area (Å²) in [5, 5.41) is 9.31. The van der Waals surface area contributed by atoms with Gasteiger partial charge in [0.25, 0.3) is 0 Å².